The maximum absolute atomic E-state index is 11.9. The first-order valence-electron chi connectivity index (χ1n) is 3.79. The Morgan fingerprint density at radius 1 is 1.50 bits per heavy atom. The smallest absolute Gasteiger partial charge is 0.387 e. The molecule has 1 aromatic carbocycles. The molecule has 0 heterocycles. The zero-order valence-electron chi connectivity index (χ0n) is 7.42. The summed E-state index contributed by atoms with van der Waals surface area (Å²) in [4.78, 5) is 0. The Morgan fingerprint density at radius 2 is 2.14 bits per heavy atom. The van der Waals surface area contributed by atoms with E-state index in [0.29, 0.717) is 5.56 Å². The summed E-state index contributed by atoms with van der Waals surface area (Å²) in [5, 5.41) is 8.58. The molecule has 0 radical (unpaired) electrons. The van der Waals surface area contributed by atoms with Gasteiger partial charge in [0.05, 0.1) is 17.3 Å². The number of hydrogen-bond donors (Lipinski definition) is 1. The van der Waals surface area contributed by atoms with E-state index in [2.05, 4.69) is 4.74 Å². The molecule has 0 aliphatic rings. The standard InChI is InChI=1S/C9H8F2N2O/c1-5-2-6(4-12)3-7(8(5)13)14-9(10)11/h2-3,9H,13H2,1H3. The van der Waals surface area contributed by atoms with Crippen LogP contribution in [0.4, 0.5) is 14.5 Å². The number of nitrogens with zero attached hydrogens (tertiary/aromatic N) is 1. The van der Waals surface area contributed by atoms with Crippen molar-refractivity contribution in [1.82, 2.24) is 0 Å². The Morgan fingerprint density at radius 3 is 2.64 bits per heavy atom. The molecule has 0 saturated carbocycles. The second-order valence-electron chi connectivity index (χ2n) is 2.70. The van der Waals surface area contributed by atoms with Crippen LogP contribution in [0.5, 0.6) is 5.75 Å². The molecule has 0 bridgehead atoms. The Balaban J connectivity index is 3.15. The third-order valence-corrected chi connectivity index (χ3v) is 1.69. The molecule has 3 nitrogen and oxygen atoms in total. The molecule has 0 spiro atoms. The molecule has 14 heavy (non-hydrogen) atoms. The van der Waals surface area contributed by atoms with E-state index in [0.717, 1.165) is 0 Å². The third kappa shape index (κ3) is 2.10. The predicted octanol–water partition coefficient (Wildman–Crippen LogP) is 2.05. The lowest BCUT2D eigenvalue weighted by molar-refractivity contribution is -0.0493. The average molecular weight is 198 g/mol. The number of nitriles is 1. The fourth-order valence-corrected chi connectivity index (χ4v) is 1.02. The number of rotatable bonds is 2. The number of alkyl halides is 2. The summed E-state index contributed by atoms with van der Waals surface area (Å²) in [5.41, 5.74) is 6.40. The molecular weight excluding hydrogens is 190 g/mol. The molecule has 0 aliphatic heterocycles. The summed E-state index contributed by atoms with van der Waals surface area (Å²) in [5.74, 6) is -0.156. The van der Waals surface area contributed by atoms with Crippen LogP contribution in [0, 0.1) is 18.3 Å². The molecule has 1 rings (SSSR count). The van der Waals surface area contributed by atoms with Crippen LogP contribution in [-0.2, 0) is 0 Å². The van der Waals surface area contributed by atoms with Crippen molar-refractivity contribution in [1.29, 1.82) is 5.26 Å². The van der Waals surface area contributed by atoms with Crippen molar-refractivity contribution in [2.45, 2.75) is 13.5 Å². The quantitative estimate of drug-likeness (QED) is 0.740. The summed E-state index contributed by atoms with van der Waals surface area (Å²) in [6.07, 6.45) is 0. The Kier molecular flexibility index (Phi) is 2.87. The maximum atomic E-state index is 11.9. The maximum Gasteiger partial charge on any atom is 0.387 e. The number of halogens is 2. The largest absolute Gasteiger partial charge is 0.433 e. The molecule has 0 aliphatic carbocycles. The van der Waals surface area contributed by atoms with Crippen molar-refractivity contribution in [2.75, 3.05) is 5.73 Å². The number of ether oxygens (including phenoxy) is 1. The minimum absolute atomic E-state index is 0.129. The van der Waals surface area contributed by atoms with Gasteiger partial charge in [-0.25, -0.2) is 0 Å². The van der Waals surface area contributed by atoms with Crippen LogP contribution in [0.25, 0.3) is 0 Å². The Labute approximate surface area is 79.7 Å². The van der Waals surface area contributed by atoms with Crippen molar-refractivity contribution >= 4 is 5.69 Å². The zero-order valence-corrected chi connectivity index (χ0v) is 7.42. The highest BCUT2D eigenvalue weighted by atomic mass is 19.3. The summed E-state index contributed by atoms with van der Waals surface area (Å²) in [6, 6.07) is 4.52. The van der Waals surface area contributed by atoms with Gasteiger partial charge in [0.25, 0.3) is 0 Å². The second-order valence-corrected chi connectivity index (χ2v) is 2.70. The van der Waals surface area contributed by atoms with E-state index in [1.54, 1.807) is 6.92 Å². The number of benzene rings is 1. The number of nitrogen functional groups attached to an aromatic ring is 1. The minimum atomic E-state index is -2.94. The lowest BCUT2D eigenvalue weighted by Crippen LogP contribution is -2.05. The Hall–Kier alpha value is -1.83. The van der Waals surface area contributed by atoms with Gasteiger partial charge in [0, 0.05) is 6.07 Å². The lowest BCUT2D eigenvalue weighted by atomic mass is 10.1. The topological polar surface area (TPSA) is 59.0 Å². The summed E-state index contributed by atoms with van der Waals surface area (Å²) >= 11 is 0. The minimum Gasteiger partial charge on any atom is -0.433 e. The second kappa shape index (κ2) is 3.92. The van der Waals surface area contributed by atoms with Gasteiger partial charge in [-0.15, -0.1) is 0 Å². The van der Waals surface area contributed by atoms with Crippen LogP contribution in [0.1, 0.15) is 11.1 Å². The van der Waals surface area contributed by atoms with Crippen LogP contribution in [0.15, 0.2) is 12.1 Å². The molecule has 0 amide bonds. The molecule has 0 atom stereocenters. The van der Waals surface area contributed by atoms with Gasteiger partial charge in [-0.2, -0.15) is 14.0 Å². The van der Waals surface area contributed by atoms with Gasteiger partial charge in [0.2, 0.25) is 0 Å². The molecule has 0 aromatic heterocycles. The van der Waals surface area contributed by atoms with Gasteiger partial charge in [0.15, 0.2) is 5.75 Å². The van der Waals surface area contributed by atoms with Gasteiger partial charge < -0.3 is 10.5 Å². The van der Waals surface area contributed by atoms with Gasteiger partial charge in [-0.05, 0) is 18.6 Å². The van der Waals surface area contributed by atoms with E-state index in [-0.39, 0.29) is 17.0 Å². The average Bonchev–Trinajstić information content (AvgIpc) is 2.11. The van der Waals surface area contributed by atoms with Crippen molar-refractivity contribution in [3.63, 3.8) is 0 Å². The molecule has 0 fully saturated rings. The molecule has 0 unspecified atom stereocenters. The van der Waals surface area contributed by atoms with E-state index >= 15 is 0 Å². The number of anilines is 1. The highest BCUT2D eigenvalue weighted by Crippen LogP contribution is 2.27. The van der Waals surface area contributed by atoms with Crippen LogP contribution in [0.3, 0.4) is 0 Å². The summed E-state index contributed by atoms with van der Waals surface area (Å²) < 4.78 is 28.0. The van der Waals surface area contributed by atoms with Crippen LogP contribution in [-0.4, -0.2) is 6.61 Å². The Bertz CT molecular complexity index is 385. The van der Waals surface area contributed by atoms with E-state index < -0.39 is 6.61 Å². The normalized spacial score (nSPS) is 9.93. The van der Waals surface area contributed by atoms with Crippen molar-refractivity contribution in [2.24, 2.45) is 0 Å². The van der Waals surface area contributed by atoms with Crippen LogP contribution in [0.2, 0.25) is 0 Å². The van der Waals surface area contributed by atoms with Gasteiger partial charge in [-0.3, -0.25) is 0 Å². The molecule has 0 saturated heterocycles. The molecule has 1 aromatic rings. The van der Waals surface area contributed by atoms with E-state index in [1.165, 1.54) is 12.1 Å². The van der Waals surface area contributed by atoms with E-state index in [1.807, 2.05) is 6.07 Å². The zero-order chi connectivity index (χ0) is 10.7. The van der Waals surface area contributed by atoms with Crippen molar-refractivity contribution in [3.8, 4) is 11.8 Å². The van der Waals surface area contributed by atoms with Gasteiger partial charge >= 0.3 is 6.61 Å². The van der Waals surface area contributed by atoms with Gasteiger partial charge in [0.1, 0.15) is 0 Å². The van der Waals surface area contributed by atoms with Crippen molar-refractivity contribution < 1.29 is 13.5 Å². The van der Waals surface area contributed by atoms with Crippen LogP contribution < -0.4 is 10.5 Å². The first kappa shape index (κ1) is 10.3. The lowest BCUT2D eigenvalue weighted by Gasteiger charge is -2.09. The number of aryl methyl sites for hydroxylation is 1. The molecule has 74 valence electrons. The fourth-order valence-electron chi connectivity index (χ4n) is 1.02. The molecule has 5 heteroatoms. The molecular formula is C9H8F2N2O. The fraction of sp³-hybridized carbons (Fsp3) is 0.222. The highest BCUT2D eigenvalue weighted by molar-refractivity contribution is 5.61. The number of nitrogens with two attached hydrogens (primary N) is 1. The van der Waals surface area contributed by atoms with Crippen molar-refractivity contribution in [3.05, 3.63) is 23.3 Å². The highest BCUT2D eigenvalue weighted by Gasteiger charge is 2.10. The van der Waals surface area contributed by atoms with E-state index in [9.17, 15) is 8.78 Å². The SMILES string of the molecule is Cc1cc(C#N)cc(OC(F)F)c1N. The summed E-state index contributed by atoms with van der Waals surface area (Å²) in [6.45, 7) is -1.32. The summed E-state index contributed by atoms with van der Waals surface area (Å²) in [7, 11) is 0. The first-order chi connectivity index (χ1) is 6.54. The third-order valence-electron chi connectivity index (χ3n) is 1.69. The first-order valence-corrected chi connectivity index (χ1v) is 3.79. The predicted molar refractivity (Wildman–Crippen MR) is 46.9 cm³/mol. The molecule has 2 N–H and O–H groups in total. The van der Waals surface area contributed by atoms with E-state index in [4.69, 9.17) is 11.0 Å². The number of hydrogen-bond acceptors (Lipinski definition) is 3. The van der Waals surface area contributed by atoms with Gasteiger partial charge in [-0.1, -0.05) is 0 Å². The monoisotopic (exact) mass is 198 g/mol. The van der Waals surface area contributed by atoms with Crippen LogP contribution >= 0.6 is 0 Å².